The quantitative estimate of drug-likeness (QED) is 0.650. The fourth-order valence-corrected chi connectivity index (χ4v) is 3.92. The van der Waals surface area contributed by atoms with Gasteiger partial charge in [0.05, 0.1) is 29.1 Å². The van der Waals surface area contributed by atoms with Crippen molar-refractivity contribution >= 4 is 22.8 Å². The number of aromatic amines is 1. The van der Waals surface area contributed by atoms with Crippen LogP contribution in [0.5, 0.6) is 0 Å². The van der Waals surface area contributed by atoms with Gasteiger partial charge in [0.1, 0.15) is 0 Å². The minimum absolute atomic E-state index is 0.187. The molecule has 1 aliphatic heterocycles. The molecule has 1 amide bonds. The number of para-hydroxylation sites is 1. The van der Waals surface area contributed by atoms with Crippen molar-refractivity contribution in [2.75, 3.05) is 19.7 Å². The van der Waals surface area contributed by atoms with E-state index in [1.807, 2.05) is 0 Å². The molecule has 8 heteroatoms. The molecule has 0 atom stereocenters. The number of amides is 1. The summed E-state index contributed by atoms with van der Waals surface area (Å²) in [6.45, 7) is 3.02. The first kappa shape index (κ1) is 20.6. The van der Waals surface area contributed by atoms with Crippen molar-refractivity contribution in [3.8, 4) is 5.69 Å². The summed E-state index contributed by atoms with van der Waals surface area (Å²) in [4.78, 5) is 54.7. The third kappa shape index (κ3) is 4.01. The molecule has 4 rings (SSSR count). The number of likely N-dealkylation sites (tertiary alicyclic amines) is 1. The minimum Gasteiger partial charge on any atom is -0.466 e. The zero-order valence-electron chi connectivity index (χ0n) is 17.2. The molecule has 0 radical (unpaired) electrons. The van der Waals surface area contributed by atoms with E-state index in [2.05, 4.69) is 4.98 Å². The Morgan fingerprint density at radius 1 is 1.06 bits per heavy atom. The summed E-state index contributed by atoms with van der Waals surface area (Å²) in [7, 11) is 0. The molecule has 3 aromatic rings. The Labute approximate surface area is 178 Å². The van der Waals surface area contributed by atoms with Gasteiger partial charge >= 0.3 is 11.7 Å². The number of rotatable bonds is 4. The van der Waals surface area contributed by atoms with Crippen molar-refractivity contribution in [1.29, 1.82) is 0 Å². The van der Waals surface area contributed by atoms with E-state index in [1.165, 1.54) is 6.07 Å². The molecular weight excluding hydrogens is 398 g/mol. The number of fused-ring (bicyclic) bond motifs is 1. The van der Waals surface area contributed by atoms with Crippen LogP contribution in [0.4, 0.5) is 0 Å². The van der Waals surface area contributed by atoms with E-state index >= 15 is 0 Å². The topological polar surface area (TPSA) is 101 Å². The smallest absolute Gasteiger partial charge is 0.333 e. The second-order valence-electron chi connectivity index (χ2n) is 7.49. The third-order valence-corrected chi connectivity index (χ3v) is 5.56. The van der Waals surface area contributed by atoms with Gasteiger partial charge in [0.25, 0.3) is 11.5 Å². The van der Waals surface area contributed by atoms with Crippen LogP contribution in [0.2, 0.25) is 0 Å². The van der Waals surface area contributed by atoms with E-state index in [0.29, 0.717) is 54.7 Å². The van der Waals surface area contributed by atoms with E-state index in [4.69, 9.17) is 4.74 Å². The van der Waals surface area contributed by atoms with Crippen LogP contribution in [0.3, 0.4) is 0 Å². The number of H-pyrrole nitrogens is 1. The normalized spacial score (nSPS) is 14.5. The summed E-state index contributed by atoms with van der Waals surface area (Å²) >= 11 is 0. The molecule has 1 aliphatic rings. The number of carbonyl (C=O) groups is 2. The monoisotopic (exact) mass is 421 g/mol. The highest BCUT2D eigenvalue weighted by Gasteiger charge is 2.28. The Morgan fingerprint density at radius 3 is 2.45 bits per heavy atom. The SMILES string of the molecule is CCOC(=O)C1CCN(C(=O)c2ccc3c(=O)n(-c4ccccc4)c(=O)[nH]c3c2)CC1. The predicted molar refractivity (Wildman–Crippen MR) is 115 cm³/mol. The van der Waals surface area contributed by atoms with Gasteiger partial charge < -0.3 is 14.6 Å². The number of piperidine rings is 1. The Bertz CT molecular complexity index is 1240. The highest BCUT2D eigenvalue weighted by Crippen LogP contribution is 2.21. The molecule has 1 saturated heterocycles. The van der Waals surface area contributed by atoms with E-state index in [-0.39, 0.29) is 17.8 Å². The number of benzene rings is 2. The lowest BCUT2D eigenvalue weighted by Gasteiger charge is -2.31. The Kier molecular flexibility index (Phi) is 5.70. The maximum atomic E-state index is 12.9. The summed E-state index contributed by atoms with van der Waals surface area (Å²) < 4.78 is 6.14. The highest BCUT2D eigenvalue weighted by atomic mass is 16.5. The van der Waals surface area contributed by atoms with Gasteiger partial charge in [-0.1, -0.05) is 18.2 Å². The number of ether oxygens (including phenoxy) is 1. The van der Waals surface area contributed by atoms with Gasteiger partial charge in [-0.3, -0.25) is 14.4 Å². The molecule has 2 heterocycles. The number of hydrogen-bond donors (Lipinski definition) is 1. The Balaban J connectivity index is 1.59. The van der Waals surface area contributed by atoms with Gasteiger partial charge in [0, 0.05) is 18.7 Å². The molecule has 1 fully saturated rings. The molecule has 0 spiro atoms. The van der Waals surface area contributed by atoms with Crippen LogP contribution in [0.1, 0.15) is 30.1 Å². The summed E-state index contributed by atoms with van der Waals surface area (Å²) in [6, 6.07) is 13.4. The van der Waals surface area contributed by atoms with Crippen molar-refractivity contribution in [3.63, 3.8) is 0 Å². The lowest BCUT2D eigenvalue weighted by Crippen LogP contribution is -2.40. The standard InChI is InChI=1S/C23H23N3O5/c1-2-31-22(29)15-10-12-25(13-11-15)20(27)16-8-9-18-19(14-16)24-23(30)26(21(18)28)17-6-4-3-5-7-17/h3-9,14-15H,2,10-13H2,1H3,(H,24,30). The number of aromatic nitrogens is 2. The molecule has 0 bridgehead atoms. The molecule has 0 unspecified atom stereocenters. The van der Waals surface area contributed by atoms with Gasteiger partial charge in [-0.05, 0) is 50.1 Å². The second-order valence-corrected chi connectivity index (χ2v) is 7.49. The summed E-state index contributed by atoms with van der Waals surface area (Å²) in [5.41, 5.74) is 0.159. The molecular formula is C23H23N3O5. The first-order valence-corrected chi connectivity index (χ1v) is 10.3. The van der Waals surface area contributed by atoms with Crippen LogP contribution in [-0.4, -0.2) is 46.0 Å². The van der Waals surface area contributed by atoms with Crippen LogP contribution in [0.15, 0.2) is 58.1 Å². The van der Waals surface area contributed by atoms with Crippen molar-refractivity contribution in [2.24, 2.45) is 5.92 Å². The number of hydrogen-bond acceptors (Lipinski definition) is 5. The Hall–Kier alpha value is -3.68. The van der Waals surface area contributed by atoms with E-state index < -0.39 is 11.2 Å². The predicted octanol–water partition coefficient (Wildman–Crippen LogP) is 2.09. The highest BCUT2D eigenvalue weighted by molar-refractivity contribution is 5.97. The number of esters is 1. The van der Waals surface area contributed by atoms with E-state index in [1.54, 1.807) is 54.3 Å². The molecule has 0 saturated carbocycles. The summed E-state index contributed by atoms with van der Waals surface area (Å²) in [5, 5.41) is 0.320. The fraction of sp³-hybridized carbons (Fsp3) is 0.304. The van der Waals surface area contributed by atoms with Crippen molar-refractivity contribution < 1.29 is 14.3 Å². The number of carbonyl (C=O) groups excluding carboxylic acids is 2. The van der Waals surface area contributed by atoms with Crippen molar-refractivity contribution in [1.82, 2.24) is 14.5 Å². The van der Waals surface area contributed by atoms with Gasteiger partial charge in [0.2, 0.25) is 0 Å². The van der Waals surface area contributed by atoms with Crippen LogP contribution >= 0.6 is 0 Å². The molecule has 2 aromatic carbocycles. The van der Waals surface area contributed by atoms with Gasteiger partial charge in [0.15, 0.2) is 0 Å². The van der Waals surface area contributed by atoms with Gasteiger partial charge in [-0.2, -0.15) is 0 Å². The minimum atomic E-state index is -0.566. The van der Waals surface area contributed by atoms with Crippen molar-refractivity contribution in [2.45, 2.75) is 19.8 Å². The fourth-order valence-electron chi connectivity index (χ4n) is 3.92. The lowest BCUT2D eigenvalue weighted by molar-refractivity contribution is -0.149. The molecule has 8 nitrogen and oxygen atoms in total. The lowest BCUT2D eigenvalue weighted by atomic mass is 9.96. The molecule has 160 valence electrons. The van der Waals surface area contributed by atoms with Crippen LogP contribution in [0.25, 0.3) is 16.6 Å². The zero-order valence-corrected chi connectivity index (χ0v) is 17.2. The zero-order chi connectivity index (χ0) is 22.0. The largest absolute Gasteiger partial charge is 0.466 e. The average Bonchev–Trinajstić information content (AvgIpc) is 2.79. The number of nitrogens with one attached hydrogen (secondary N) is 1. The molecule has 0 aliphatic carbocycles. The van der Waals surface area contributed by atoms with Crippen LogP contribution in [0, 0.1) is 5.92 Å². The molecule has 1 N–H and O–H groups in total. The van der Waals surface area contributed by atoms with Crippen LogP contribution in [-0.2, 0) is 9.53 Å². The van der Waals surface area contributed by atoms with Crippen molar-refractivity contribution in [3.05, 3.63) is 74.9 Å². The maximum Gasteiger partial charge on any atom is 0.333 e. The maximum absolute atomic E-state index is 12.9. The Morgan fingerprint density at radius 2 is 1.77 bits per heavy atom. The van der Waals surface area contributed by atoms with E-state index in [9.17, 15) is 19.2 Å². The molecule has 1 aromatic heterocycles. The summed E-state index contributed by atoms with van der Waals surface area (Å²) in [5.74, 6) is -0.599. The average molecular weight is 421 g/mol. The third-order valence-electron chi connectivity index (χ3n) is 5.56. The van der Waals surface area contributed by atoms with Gasteiger partial charge in [-0.15, -0.1) is 0 Å². The number of nitrogens with zero attached hydrogens (tertiary/aromatic N) is 2. The van der Waals surface area contributed by atoms with Gasteiger partial charge in [-0.25, -0.2) is 9.36 Å². The molecule has 31 heavy (non-hydrogen) atoms. The second kappa shape index (κ2) is 8.59. The van der Waals surface area contributed by atoms with E-state index in [0.717, 1.165) is 4.57 Å². The van der Waals surface area contributed by atoms with Crippen LogP contribution < -0.4 is 11.2 Å². The summed E-state index contributed by atoms with van der Waals surface area (Å²) in [6.07, 6.45) is 1.10. The first-order chi connectivity index (χ1) is 15.0. The first-order valence-electron chi connectivity index (χ1n) is 10.3.